The molecule has 134 valence electrons. The van der Waals surface area contributed by atoms with Gasteiger partial charge in [0, 0.05) is 18.4 Å². The molecule has 2 heterocycles. The van der Waals surface area contributed by atoms with Gasteiger partial charge in [0.2, 0.25) is 11.8 Å². The van der Waals surface area contributed by atoms with Gasteiger partial charge >= 0.3 is 5.97 Å². The summed E-state index contributed by atoms with van der Waals surface area (Å²) in [5.74, 6) is -0.450. The topological polar surface area (TPSA) is 125 Å². The van der Waals surface area contributed by atoms with Crippen molar-refractivity contribution >= 4 is 11.9 Å². The van der Waals surface area contributed by atoms with Crippen LogP contribution in [0.2, 0.25) is 0 Å². The summed E-state index contributed by atoms with van der Waals surface area (Å²) in [7, 11) is 0. The molecule has 27 heavy (non-hydrogen) atoms. The lowest BCUT2D eigenvalue weighted by Gasteiger charge is -2.11. The Balaban J connectivity index is 1.49. The lowest BCUT2D eigenvalue weighted by Crippen LogP contribution is -2.20. The molecule has 8 nitrogen and oxygen atoms in total. The van der Waals surface area contributed by atoms with Crippen molar-refractivity contribution in [1.29, 1.82) is 5.26 Å². The summed E-state index contributed by atoms with van der Waals surface area (Å²) >= 11 is 0. The fourth-order valence-corrected chi connectivity index (χ4v) is 3.20. The van der Waals surface area contributed by atoms with Gasteiger partial charge in [-0.2, -0.15) is 5.26 Å². The first-order valence-corrected chi connectivity index (χ1v) is 8.39. The van der Waals surface area contributed by atoms with Crippen molar-refractivity contribution in [2.24, 2.45) is 0 Å². The maximum absolute atomic E-state index is 10.8. The molecule has 1 aliphatic rings. The SMILES string of the molecule is N#Cc1nc(CC(=O)O)oc1-c1cnc(NC2Cc3ccccc3C2)nc1. The lowest BCUT2D eigenvalue weighted by molar-refractivity contribution is -0.136. The first kappa shape index (κ1) is 16.7. The van der Waals surface area contributed by atoms with Crippen LogP contribution in [0.25, 0.3) is 11.3 Å². The van der Waals surface area contributed by atoms with Gasteiger partial charge in [0.1, 0.15) is 12.5 Å². The Hall–Kier alpha value is -3.73. The molecule has 2 aromatic heterocycles. The van der Waals surface area contributed by atoms with E-state index in [2.05, 4.69) is 32.4 Å². The van der Waals surface area contributed by atoms with E-state index in [0.29, 0.717) is 11.5 Å². The molecular formula is C19H15N5O3. The molecule has 1 aromatic carbocycles. The van der Waals surface area contributed by atoms with Gasteiger partial charge in [-0.3, -0.25) is 4.79 Å². The van der Waals surface area contributed by atoms with Crippen LogP contribution in [0.3, 0.4) is 0 Å². The molecule has 4 rings (SSSR count). The predicted octanol–water partition coefficient (Wildman–Crippen LogP) is 2.21. The van der Waals surface area contributed by atoms with Crippen molar-refractivity contribution in [2.75, 3.05) is 5.32 Å². The smallest absolute Gasteiger partial charge is 0.312 e. The van der Waals surface area contributed by atoms with E-state index in [-0.39, 0.29) is 23.4 Å². The number of benzene rings is 1. The molecule has 3 aromatic rings. The average Bonchev–Trinajstić information content (AvgIpc) is 3.25. The largest absolute Gasteiger partial charge is 0.481 e. The third-order valence-electron chi connectivity index (χ3n) is 4.38. The van der Waals surface area contributed by atoms with E-state index in [4.69, 9.17) is 9.52 Å². The minimum absolute atomic E-state index is 0.0156. The average molecular weight is 361 g/mol. The number of hydrogen-bond acceptors (Lipinski definition) is 7. The van der Waals surface area contributed by atoms with Crippen LogP contribution in [0.5, 0.6) is 0 Å². The van der Waals surface area contributed by atoms with Gasteiger partial charge in [-0.1, -0.05) is 24.3 Å². The number of carboxylic acids is 1. The van der Waals surface area contributed by atoms with Crippen LogP contribution in [-0.2, 0) is 24.1 Å². The van der Waals surface area contributed by atoms with Crippen molar-refractivity contribution in [3.63, 3.8) is 0 Å². The summed E-state index contributed by atoms with van der Waals surface area (Å²) in [6.45, 7) is 0. The molecule has 8 heteroatoms. The normalized spacial score (nSPS) is 13.1. The number of rotatable bonds is 5. The number of nitrogens with one attached hydrogen (secondary N) is 1. The highest BCUT2D eigenvalue weighted by Crippen LogP contribution is 2.26. The number of oxazole rings is 1. The van der Waals surface area contributed by atoms with Gasteiger partial charge < -0.3 is 14.8 Å². The van der Waals surface area contributed by atoms with E-state index in [1.807, 2.05) is 18.2 Å². The Bertz CT molecular complexity index is 1010. The highest BCUT2D eigenvalue weighted by Gasteiger charge is 2.22. The first-order valence-electron chi connectivity index (χ1n) is 8.39. The third-order valence-corrected chi connectivity index (χ3v) is 4.38. The molecule has 0 bridgehead atoms. The zero-order valence-corrected chi connectivity index (χ0v) is 14.2. The maximum Gasteiger partial charge on any atom is 0.312 e. The standard InChI is InChI=1S/C19H15N5O3/c20-8-15-18(27-16(24-15)7-17(25)26)13-9-21-19(22-10-13)23-14-5-11-3-1-2-4-12(11)6-14/h1-4,9-10,14H,5-7H2,(H,25,26)(H,21,22,23). The highest BCUT2D eigenvalue weighted by molar-refractivity contribution is 5.69. The van der Waals surface area contributed by atoms with E-state index in [9.17, 15) is 10.1 Å². The summed E-state index contributed by atoms with van der Waals surface area (Å²) in [5.41, 5.74) is 3.15. The third kappa shape index (κ3) is 3.48. The second-order valence-electron chi connectivity index (χ2n) is 6.28. The highest BCUT2D eigenvalue weighted by atomic mass is 16.4. The number of carboxylic acid groups (broad SMARTS) is 1. The molecule has 0 fully saturated rings. The van der Waals surface area contributed by atoms with Crippen molar-refractivity contribution in [3.05, 3.63) is 59.4 Å². The van der Waals surface area contributed by atoms with Crippen molar-refractivity contribution in [1.82, 2.24) is 15.0 Å². The fourth-order valence-electron chi connectivity index (χ4n) is 3.20. The summed E-state index contributed by atoms with van der Waals surface area (Å²) < 4.78 is 5.40. The summed E-state index contributed by atoms with van der Waals surface area (Å²) in [6, 6.07) is 10.5. The Morgan fingerprint density at radius 1 is 1.26 bits per heavy atom. The molecule has 0 unspecified atom stereocenters. The summed E-state index contributed by atoms with van der Waals surface area (Å²) in [6.07, 6.45) is 4.51. The molecule has 2 N–H and O–H groups in total. The van der Waals surface area contributed by atoms with E-state index < -0.39 is 12.4 Å². The zero-order chi connectivity index (χ0) is 18.8. The Morgan fingerprint density at radius 2 is 1.93 bits per heavy atom. The molecule has 0 amide bonds. The number of aliphatic carboxylic acids is 1. The van der Waals surface area contributed by atoms with Crippen LogP contribution in [-0.4, -0.2) is 32.1 Å². The lowest BCUT2D eigenvalue weighted by atomic mass is 10.1. The molecule has 0 saturated carbocycles. The number of anilines is 1. The monoisotopic (exact) mass is 361 g/mol. The van der Waals surface area contributed by atoms with Gasteiger partial charge in [0.25, 0.3) is 0 Å². The van der Waals surface area contributed by atoms with Crippen LogP contribution in [0.4, 0.5) is 5.95 Å². The van der Waals surface area contributed by atoms with E-state index in [1.165, 1.54) is 23.5 Å². The van der Waals surface area contributed by atoms with Gasteiger partial charge in [0.15, 0.2) is 11.5 Å². The number of hydrogen-bond donors (Lipinski definition) is 2. The molecular weight excluding hydrogens is 346 g/mol. The predicted molar refractivity (Wildman–Crippen MR) is 94.8 cm³/mol. The molecule has 0 atom stereocenters. The Morgan fingerprint density at radius 3 is 2.52 bits per heavy atom. The fraction of sp³-hybridized carbons (Fsp3) is 0.211. The van der Waals surface area contributed by atoms with E-state index in [1.54, 1.807) is 0 Å². The van der Waals surface area contributed by atoms with Crippen LogP contribution >= 0.6 is 0 Å². The van der Waals surface area contributed by atoms with Gasteiger partial charge in [0.05, 0.1) is 5.56 Å². The molecule has 0 radical (unpaired) electrons. The van der Waals surface area contributed by atoms with E-state index >= 15 is 0 Å². The summed E-state index contributed by atoms with van der Waals surface area (Å²) in [5, 5.41) is 21.3. The van der Waals surface area contributed by atoms with Gasteiger partial charge in [-0.25, -0.2) is 15.0 Å². The van der Waals surface area contributed by atoms with Crippen LogP contribution < -0.4 is 5.32 Å². The van der Waals surface area contributed by atoms with E-state index in [0.717, 1.165) is 12.8 Å². The number of nitriles is 1. The minimum atomic E-state index is -1.08. The van der Waals surface area contributed by atoms with Crippen LogP contribution in [0.1, 0.15) is 22.7 Å². The number of fused-ring (bicyclic) bond motifs is 1. The van der Waals surface area contributed by atoms with Crippen molar-refractivity contribution in [3.8, 4) is 17.4 Å². The number of aromatic nitrogens is 3. The number of nitrogens with zero attached hydrogens (tertiary/aromatic N) is 4. The molecule has 1 aliphatic carbocycles. The quantitative estimate of drug-likeness (QED) is 0.708. The molecule has 0 aliphatic heterocycles. The molecule has 0 spiro atoms. The van der Waals surface area contributed by atoms with Gasteiger partial charge in [-0.05, 0) is 24.0 Å². The summed E-state index contributed by atoms with van der Waals surface area (Å²) in [4.78, 5) is 23.3. The second-order valence-corrected chi connectivity index (χ2v) is 6.28. The Labute approximate surface area is 154 Å². The number of carbonyl (C=O) groups is 1. The first-order chi connectivity index (χ1) is 13.1. The molecule has 0 saturated heterocycles. The van der Waals surface area contributed by atoms with Crippen LogP contribution in [0.15, 0.2) is 41.1 Å². The van der Waals surface area contributed by atoms with Gasteiger partial charge in [-0.15, -0.1) is 0 Å². The zero-order valence-electron chi connectivity index (χ0n) is 14.2. The Kier molecular flexibility index (Phi) is 4.26. The van der Waals surface area contributed by atoms with Crippen LogP contribution in [0, 0.1) is 11.3 Å². The van der Waals surface area contributed by atoms with Crippen molar-refractivity contribution < 1.29 is 14.3 Å². The van der Waals surface area contributed by atoms with Crippen molar-refractivity contribution in [2.45, 2.75) is 25.3 Å². The minimum Gasteiger partial charge on any atom is -0.481 e. The second kappa shape index (κ2) is 6.88. The maximum atomic E-state index is 10.8.